The first-order chi connectivity index (χ1) is 14.7. The molecule has 2 aliphatic carbocycles. The smallest absolute Gasteiger partial charge is 0.253 e. The Morgan fingerprint density at radius 1 is 1.07 bits per heavy atom. The van der Waals surface area contributed by atoms with Gasteiger partial charge in [0.15, 0.2) is 0 Å². The molecule has 1 fully saturated rings. The molecule has 3 atom stereocenters. The van der Waals surface area contributed by atoms with E-state index in [2.05, 4.69) is 41.0 Å². The fourth-order valence-electron chi connectivity index (χ4n) is 5.46. The first kappa shape index (κ1) is 19.2. The van der Waals surface area contributed by atoms with E-state index >= 15 is 0 Å². The molecule has 5 rings (SSSR count). The summed E-state index contributed by atoms with van der Waals surface area (Å²) in [6.07, 6.45) is 11.6. The molecule has 1 amide bonds. The van der Waals surface area contributed by atoms with Crippen molar-refractivity contribution < 1.29 is 9.53 Å². The van der Waals surface area contributed by atoms with Gasteiger partial charge in [0.2, 0.25) is 0 Å². The zero-order chi connectivity index (χ0) is 20.5. The minimum absolute atomic E-state index is 0.0557. The third-order valence-corrected chi connectivity index (χ3v) is 7.06. The Kier molecular flexibility index (Phi) is 5.24. The van der Waals surface area contributed by atoms with E-state index in [1.165, 1.54) is 30.4 Å². The lowest BCUT2D eigenvalue weighted by Gasteiger charge is -2.38. The highest BCUT2D eigenvalue weighted by Crippen LogP contribution is 2.50. The van der Waals surface area contributed by atoms with Gasteiger partial charge in [-0.2, -0.15) is 0 Å². The average Bonchev–Trinajstić information content (AvgIpc) is 3.29. The van der Waals surface area contributed by atoms with Crippen LogP contribution in [0.5, 0.6) is 5.75 Å². The number of allylic oxidation sites excluding steroid dienone is 2. The van der Waals surface area contributed by atoms with Crippen molar-refractivity contribution in [2.75, 3.05) is 12.4 Å². The van der Waals surface area contributed by atoms with Crippen LogP contribution in [0.15, 0.2) is 54.6 Å². The summed E-state index contributed by atoms with van der Waals surface area (Å²) in [5.74, 6) is 1.72. The first-order valence-electron chi connectivity index (χ1n) is 11.3. The van der Waals surface area contributed by atoms with Gasteiger partial charge in [-0.1, -0.05) is 55.7 Å². The summed E-state index contributed by atoms with van der Waals surface area (Å²) in [5, 5.41) is 7.07. The molecule has 1 saturated carbocycles. The van der Waals surface area contributed by atoms with Crippen molar-refractivity contribution in [3.05, 3.63) is 71.3 Å². The van der Waals surface area contributed by atoms with Crippen molar-refractivity contribution in [2.24, 2.45) is 5.92 Å². The van der Waals surface area contributed by atoms with Crippen LogP contribution in [0.2, 0.25) is 0 Å². The number of rotatable bonds is 4. The van der Waals surface area contributed by atoms with Crippen molar-refractivity contribution >= 4 is 11.6 Å². The molecule has 2 aromatic carbocycles. The topological polar surface area (TPSA) is 50.4 Å². The fourth-order valence-corrected chi connectivity index (χ4v) is 5.46. The Balaban J connectivity index is 1.47. The average molecular weight is 403 g/mol. The number of anilines is 1. The van der Waals surface area contributed by atoms with Crippen LogP contribution in [-0.2, 0) is 0 Å². The van der Waals surface area contributed by atoms with Gasteiger partial charge in [-0.3, -0.25) is 4.79 Å². The number of para-hydroxylation sites is 1. The highest BCUT2D eigenvalue weighted by molar-refractivity contribution is 6.01. The van der Waals surface area contributed by atoms with Gasteiger partial charge in [-0.15, -0.1) is 0 Å². The zero-order valence-corrected chi connectivity index (χ0v) is 17.6. The molecule has 156 valence electrons. The summed E-state index contributed by atoms with van der Waals surface area (Å²) in [7, 11) is 1.69. The highest BCUT2D eigenvalue weighted by Gasteiger charge is 2.39. The number of amides is 1. The van der Waals surface area contributed by atoms with Gasteiger partial charge in [0, 0.05) is 12.0 Å². The van der Waals surface area contributed by atoms with Crippen LogP contribution in [0.3, 0.4) is 0 Å². The molecule has 0 spiro atoms. The minimum atomic E-state index is 0.0557. The van der Waals surface area contributed by atoms with Gasteiger partial charge in [-0.25, -0.2) is 0 Å². The minimum Gasteiger partial charge on any atom is -0.497 e. The summed E-state index contributed by atoms with van der Waals surface area (Å²) in [6.45, 7) is 0. The van der Waals surface area contributed by atoms with Crippen LogP contribution in [0.1, 0.15) is 72.0 Å². The Morgan fingerprint density at radius 3 is 2.63 bits per heavy atom. The lowest BCUT2D eigenvalue weighted by molar-refractivity contribution is 0.0928. The lowest BCUT2D eigenvalue weighted by atomic mass is 9.76. The van der Waals surface area contributed by atoms with E-state index in [0.29, 0.717) is 17.9 Å². The number of methoxy groups -OCH3 is 1. The number of carbonyl (C=O) groups is 1. The second-order valence-electron chi connectivity index (χ2n) is 8.83. The van der Waals surface area contributed by atoms with Gasteiger partial charge < -0.3 is 15.4 Å². The maximum Gasteiger partial charge on any atom is 0.253 e. The van der Waals surface area contributed by atoms with E-state index in [9.17, 15) is 4.79 Å². The molecule has 4 nitrogen and oxygen atoms in total. The number of benzene rings is 2. The number of carbonyl (C=O) groups excluding carboxylic acids is 1. The second-order valence-corrected chi connectivity index (χ2v) is 8.83. The van der Waals surface area contributed by atoms with E-state index in [1.807, 2.05) is 24.3 Å². The molecule has 3 aliphatic rings. The molecular weight excluding hydrogens is 372 g/mol. The standard InChI is InChI=1S/C26H30N2O2/c1-30-19-15-13-17(14-16-19)24-21-10-5-9-20(21)22-11-6-12-23(25(22)28-24)26(29)27-18-7-3-2-4-8-18/h5-6,9,11-16,18,20-21,24,28H,2-4,7-8,10H2,1H3,(H,27,29). The first-order valence-corrected chi connectivity index (χ1v) is 11.3. The van der Waals surface area contributed by atoms with Crippen LogP contribution >= 0.6 is 0 Å². The molecule has 2 aromatic rings. The van der Waals surface area contributed by atoms with Crippen molar-refractivity contribution in [3.63, 3.8) is 0 Å². The normalized spacial score (nSPS) is 25.2. The number of nitrogens with one attached hydrogen (secondary N) is 2. The number of fused-ring (bicyclic) bond motifs is 3. The van der Waals surface area contributed by atoms with Crippen molar-refractivity contribution in [2.45, 2.75) is 56.5 Å². The van der Waals surface area contributed by atoms with Crippen molar-refractivity contribution in [1.29, 1.82) is 0 Å². The molecular formula is C26H30N2O2. The molecule has 0 aromatic heterocycles. The Bertz CT molecular complexity index is 944. The predicted octanol–water partition coefficient (Wildman–Crippen LogP) is 5.58. The summed E-state index contributed by atoms with van der Waals surface area (Å²) in [6, 6.07) is 15.0. The Labute approximate surface area is 178 Å². The summed E-state index contributed by atoms with van der Waals surface area (Å²) in [4.78, 5) is 13.2. The van der Waals surface area contributed by atoms with Gasteiger partial charge in [0.1, 0.15) is 5.75 Å². The Hall–Kier alpha value is -2.75. The van der Waals surface area contributed by atoms with E-state index in [-0.39, 0.29) is 11.9 Å². The molecule has 4 heteroatoms. The van der Waals surface area contributed by atoms with Crippen LogP contribution < -0.4 is 15.4 Å². The van der Waals surface area contributed by atoms with Crippen LogP contribution in [0.4, 0.5) is 5.69 Å². The molecule has 0 bridgehead atoms. The van der Waals surface area contributed by atoms with Crippen LogP contribution in [-0.4, -0.2) is 19.1 Å². The Morgan fingerprint density at radius 2 is 1.87 bits per heavy atom. The third-order valence-electron chi connectivity index (χ3n) is 7.06. The molecule has 1 aliphatic heterocycles. The number of ether oxygens (including phenoxy) is 1. The second kappa shape index (κ2) is 8.17. The van der Waals surface area contributed by atoms with E-state index in [0.717, 1.165) is 36.3 Å². The predicted molar refractivity (Wildman–Crippen MR) is 120 cm³/mol. The van der Waals surface area contributed by atoms with Gasteiger partial charge in [-0.05, 0) is 54.5 Å². The molecule has 1 heterocycles. The quantitative estimate of drug-likeness (QED) is 0.656. The largest absolute Gasteiger partial charge is 0.497 e. The lowest BCUT2D eigenvalue weighted by Crippen LogP contribution is -2.37. The highest BCUT2D eigenvalue weighted by atomic mass is 16.5. The van der Waals surface area contributed by atoms with Crippen molar-refractivity contribution in [1.82, 2.24) is 5.32 Å². The molecule has 0 radical (unpaired) electrons. The monoisotopic (exact) mass is 402 g/mol. The maximum atomic E-state index is 13.2. The number of hydrogen-bond donors (Lipinski definition) is 2. The van der Waals surface area contributed by atoms with Crippen LogP contribution in [0.25, 0.3) is 0 Å². The van der Waals surface area contributed by atoms with E-state index in [4.69, 9.17) is 4.74 Å². The molecule has 2 N–H and O–H groups in total. The van der Waals surface area contributed by atoms with Gasteiger partial charge in [0.25, 0.3) is 5.91 Å². The van der Waals surface area contributed by atoms with Crippen LogP contribution in [0, 0.1) is 5.92 Å². The number of hydrogen-bond acceptors (Lipinski definition) is 3. The summed E-state index contributed by atoms with van der Waals surface area (Å²) >= 11 is 0. The zero-order valence-electron chi connectivity index (χ0n) is 17.6. The van der Waals surface area contributed by atoms with E-state index < -0.39 is 0 Å². The maximum absolute atomic E-state index is 13.2. The van der Waals surface area contributed by atoms with Gasteiger partial charge >= 0.3 is 0 Å². The molecule has 30 heavy (non-hydrogen) atoms. The molecule has 3 unspecified atom stereocenters. The van der Waals surface area contributed by atoms with E-state index in [1.54, 1.807) is 7.11 Å². The fraction of sp³-hybridized carbons (Fsp3) is 0.423. The summed E-state index contributed by atoms with van der Waals surface area (Å²) in [5.41, 5.74) is 4.26. The SMILES string of the molecule is COc1ccc(C2Nc3c(C(=O)NC4CCCCC4)cccc3C3C=CCC32)cc1. The van der Waals surface area contributed by atoms with Crippen molar-refractivity contribution in [3.8, 4) is 5.75 Å². The molecule has 0 saturated heterocycles. The van der Waals surface area contributed by atoms with Gasteiger partial charge in [0.05, 0.1) is 24.4 Å². The summed E-state index contributed by atoms with van der Waals surface area (Å²) < 4.78 is 5.34. The third kappa shape index (κ3) is 3.49.